The van der Waals surface area contributed by atoms with Gasteiger partial charge in [-0.3, -0.25) is 9.48 Å². The largest absolute Gasteiger partial charge is 0.497 e. The highest BCUT2D eigenvalue weighted by atomic mass is 16.5. The van der Waals surface area contributed by atoms with E-state index in [0.29, 0.717) is 12.1 Å². The number of methoxy groups -OCH3 is 1. The Labute approximate surface area is 153 Å². The summed E-state index contributed by atoms with van der Waals surface area (Å²) in [5.41, 5.74) is 5.27. The van der Waals surface area contributed by atoms with Gasteiger partial charge < -0.3 is 10.1 Å². The molecule has 0 saturated heterocycles. The molecule has 0 unspecified atom stereocenters. The first-order valence-corrected chi connectivity index (χ1v) is 8.53. The summed E-state index contributed by atoms with van der Waals surface area (Å²) < 4.78 is 7.18. The van der Waals surface area contributed by atoms with Crippen molar-refractivity contribution in [3.63, 3.8) is 0 Å². The normalized spacial score (nSPS) is 10.6. The number of hydrogen-bond donors (Lipinski definition) is 1. The molecule has 1 amide bonds. The van der Waals surface area contributed by atoms with Crippen LogP contribution in [0.15, 0.2) is 48.5 Å². The second-order valence-corrected chi connectivity index (χ2v) is 6.38. The van der Waals surface area contributed by atoms with Crippen LogP contribution in [0.4, 0.5) is 5.69 Å². The lowest BCUT2D eigenvalue weighted by Gasteiger charge is -2.08. The van der Waals surface area contributed by atoms with Gasteiger partial charge in [-0.15, -0.1) is 0 Å². The van der Waals surface area contributed by atoms with E-state index in [9.17, 15) is 4.79 Å². The third-order valence-corrected chi connectivity index (χ3v) is 4.37. The van der Waals surface area contributed by atoms with Gasteiger partial charge in [-0.05, 0) is 50.6 Å². The van der Waals surface area contributed by atoms with Crippen LogP contribution in [0.1, 0.15) is 32.9 Å². The van der Waals surface area contributed by atoms with Crippen molar-refractivity contribution in [1.82, 2.24) is 9.78 Å². The first kappa shape index (κ1) is 17.7. The Hall–Kier alpha value is -3.08. The summed E-state index contributed by atoms with van der Waals surface area (Å²) in [6.45, 7) is 6.45. The molecule has 5 heteroatoms. The predicted octanol–water partition coefficient (Wildman–Crippen LogP) is 4.12. The summed E-state index contributed by atoms with van der Waals surface area (Å²) in [4.78, 5) is 12.6. The Morgan fingerprint density at radius 2 is 1.88 bits per heavy atom. The molecule has 1 aromatic heterocycles. The minimum absolute atomic E-state index is 0.124. The highest BCUT2D eigenvalue weighted by Gasteiger charge is 2.15. The van der Waals surface area contributed by atoms with Gasteiger partial charge in [0.15, 0.2) is 0 Å². The SMILES string of the molecule is COc1cccc(Cn2nc(C)c(NC(=O)c3cccc(C)c3)c2C)c1. The van der Waals surface area contributed by atoms with Gasteiger partial charge in [-0.25, -0.2) is 0 Å². The van der Waals surface area contributed by atoms with Crippen LogP contribution in [0.5, 0.6) is 5.75 Å². The highest BCUT2D eigenvalue weighted by molar-refractivity contribution is 6.04. The first-order chi connectivity index (χ1) is 12.5. The van der Waals surface area contributed by atoms with Crippen LogP contribution in [-0.2, 0) is 6.54 Å². The van der Waals surface area contributed by atoms with Gasteiger partial charge in [-0.1, -0.05) is 29.8 Å². The second-order valence-electron chi connectivity index (χ2n) is 6.38. The molecule has 0 atom stereocenters. The van der Waals surface area contributed by atoms with Gasteiger partial charge in [0.1, 0.15) is 5.75 Å². The maximum atomic E-state index is 12.6. The number of anilines is 1. The van der Waals surface area contributed by atoms with Crippen LogP contribution in [0.3, 0.4) is 0 Å². The van der Waals surface area contributed by atoms with Gasteiger partial charge in [0, 0.05) is 5.56 Å². The van der Waals surface area contributed by atoms with Crippen molar-refractivity contribution in [3.8, 4) is 5.75 Å². The minimum Gasteiger partial charge on any atom is -0.497 e. The van der Waals surface area contributed by atoms with Gasteiger partial charge in [0.05, 0.1) is 30.7 Å². The molecule has 0 radical (unpaired) electrons. The maximum Gasteiger partial charge on any atom is 0.255 e. The Balaban J connectivity index is 1.82. The highest BCUT2D eigenvalue weighted by Crippen LogP contribution is 2.22. The Kier molecular flexibility index (Phi) is 5.07. The molecule has 5 nitrogen and oxygen atoms in total. The van der Waals surface area contributed by atoms with Crippen LogP contribution >= 0.6 is 0 Å². The minimum atomic E-state index is -0.124. The fraction of sp³-hybridized carbons (Fsp3) is 0.238. The zero-order valence-corrected chi connectivity index (χ0v) is 15.5. The molecular weight excluding hydrogens is 326 g/mol. The topological polar surface area (TPSA) is 56.1 Å². The molecule has 0 fully saturated rings. The standard InChI is InChI=1S/C21H23N3O2/c1-14-7-5-9-18(11-14)21(25)22-20-15(2)23-24(16(20)3)13-17-8-6-10-19(12-17)26-4/h5-12H,13H2,1-4H3,(H,22,25). The van der Waals surface area contributed by atoms with Crippen molar-refractivity contribution in [1.29, 1.82) is 0 Å². The fourth-order valence-corrected chi connectivity index (χ4v) is 2.95. The van der Waals surface area contributed by atoms with Crippen LogP contribution in [0.2, 0.25) is 0 Å². The summed E-state index contributed by atoms with van der Waals surface area (Å²) in [6.07, 6.45) is 0. The molecule has 0 aliphatic heterocycles. The molecule has 0 aliphatic rings. The van der Waals surface area contributed by atoms with Crippen molar-refractivity contribution in [2.24, 2.45) is 0 Å². The number of aromatic nitrogens is 2. The molecule has 0 saturated carbocycles. The lowest BCUT2D eigenvalue weighted by molar-refractivity contribution is 0.102. The second kappa shape index (κ2) is 7.44. The summed E-state index contributed by atoms with van der Waals surface area (Å²) in [6, 6.07) is 15.4. The van der Waals surface area contributed by atoms with E-state index >= 15 is 0 Å². The molecule has 134 valence electrons. The van der Waals surface area contributed by atoms with Crippen molar-refractivity contribution in [2.45, 2.75) is 27.3 Å². The number of aryl methyl sites for hydroxylation is 2. The molecule has 1 heterocycles. The number of benzene rings is 2. The first-order valence-electron chi connectivity index (χ1n) is 8.53. The average molecular weight is 349 g/mol. The Morgan fingerprint density at radius 3 is 2.62 bits per heavy atom. The smallest absolute Gasteiger partial charge is 0.255 e. The number of carbonyl (C=O) groups excluding carboxylic acids is 1. The Morgan fingerprint density at radius 1 is 1.12 bits per heavy atom. The number of amides is 1. The molecular formula is C21H23N3O2. The third kappa shape index (κ3) is 3.77. The summed E-state index contributed by atoms with van der Waals surface area (Å²) >= 11 is 0. The van der Waals surface area contributed by atoms with Gasteiger partial charge in [0.25, 0.3) is 5.91 Å². The van der Waals surface area contributed by atoms with E-state index in [0.717, 1.165) is 34.0 Å². The molecule has 0 bridgehead atoms. The van der Waals surface area contributed by atoms with Crippen LogP contribution in [0, 0.1) is 20.8 Å². The predicted molar refractivity (Wildman–Crippen MR) is 103 cm³/mol. The third-order valence-electron chi connectivity index (χ3n) is 4.37. The van der Waals surface area contributed by atoms with E-state index in [4.69, 9.17) is 4.74 Å². The van der Waals surface area contributed by atoms with E-state index < -0.39 is 0 Å². The number of ether oxygens (including phenoxy) is 1. The summed E-state index contributed by atoms with van der Waals surface area (Å²) in [5, 5.41) is 7.59. The van der Waals surface area contributed by atoms with Gasteiger partial charge in [0.2, 0.25) is 0 Å². The van der Waals surface area contributed by atoms with E-state index in [1.807, 2.05) is 74.0 Å². The van der Waals surface area contributed by atoms with Crippen molar-refractivity contribution in [2.75, 3.05) is 12.4 Å². The maximum absolute atomic E-state index is 12.6. The van der Waals surface area contributed by atoms with Crippen molar-refractivity contribution < 1.29 is 9.53 Å². The zero-order chi connectivity index (χ0) is 18.7. The monoisotopic (exact) mass is 349 g/mol. The Bertz CT molecular complexity index is 944. The molecule has 0 spiro atoms. The molecule has 3 aromatic rings. The quantitative estimate of drug-likeness (QED) is 0.754. The van der Waals surface area contributed by atoms with Gasteiger partial charge in [-0.2, -0.15) is 5.10 Å². The van der Waals surface area contributed by atoms with Crippen molar-refractivity contribution in [3.05, 3.63) is 76.6 Å². The van der Waals surface area contributed by atoms with Crippen LogP contribution in [0.25, 0.3) is 0 Å². The molecule has 1 N–H and O–H groups in total. The number of carbonyl (C=O) groups is 1. The number of hydrogen-bond acceptors (Lipinski definition) is 3. The molecule has 3 rings (SSSR count). The van der Waals surface area contributed by atoms with E-state index in [-0.39, 0.29) is 5.91 Å². The zero-order valence-electron chi connectivity index (χ0n) is 15.5. The average Bonchev–Trinajstić information content (AvgIpc) is 2.89. The van der Waals surface area contributed by atoms with E-state index in [2.05, 4.69) is 10.4 Å². The van der Waals surface area contributed by atoms with Crippen molar-refractivity contribution >= 4 is 11.6 Å². The molecule has 0 aliphatic carbocycles. The van der Waals surface area contributed by atoms with Crippen LogP contribution < -0.4 is 10.1 Å². The number of nitrogens with one attached hydrogen (secondary N) is 1. The van der Waals surface area contributed by atoms with Gasteiger partial charge >= 0.3 is 0 Å². The van der Waals surface area contributed by atoms with E-state index in [1.165, 1.54) is 0 Å². The lowest BCUT2D eigenvalue weighted by atomic mass is 10.1. The summed E-state index contributed by atoms with van der Waals surface area (Å²) in [7, 11) is 1.65. The number of nitrogens with zero attached hydrogens (tertiary/aromatic N) is 2. The number of rotatable bonds is 5. The lowest BCUT2D eigenvalue weighted by Crippen LogP contribution is -2.13. The molecule has 2 aromatic carbocycles. The van der Waals surface area contributed by atoms with E-state index in [1.54, 1.807) is 7.11 Å². The molecule has 26 heavy (non-hydrogen) atoms. The van der Waals surface area contributed by atoms with Crippen LogP contribution in [-0.4, -0.2) is 22.8 Å². The fourth-order valence-electron chi connectivity index (χ4n) is 2.95. The summed E-state index contributed by atoms with van der Waals surface area (Å²) in [5.74, 6) is 0.692.